The molecule has 1 aromatic carbocycles. The monoisotopic (exact) mass is 398 g/mol. The molecule has 7 nitrogen and oxygen atoms in total. The Hall–Kier alpha value is -2.66. The lowest BCUT2D eigenvalue weighted by atomic mass is 9.85. The predicted octanol–water partition coefficient (Wildman–Crippen LogP) is 4.43. The zero-order valence-corrected chi connectivity index (χ0v) is 13.6. The molecular weight excluding hydrogens is 383 g/mol. The maximum atomic E-state index is 12.7. The Morgan fingerprint density at radius 3 is 2.30 bits per heavy atom. The van der Waals surface area contributed by atoms with E-state index < -0.39 is 52.6 Å². The number of alkyl halides is 5. The number of nitro benzene ring substituents is 1. The number of nitro groups is 1. The molecule has 1 saturated carbocycles. The van der Waals surface area contributed by atoms with Crippen LogP contribution in [0.5, 0.6) is 5.75 Å². The molecule has 12 heteroatoms. The molecule has 1 aromatic rings. The van der Waals surface area contributed by atoms with E-state index in [1.807, 2.05) is 0 Å². The fourth-order valence-electron chi connectivity index (χ4n) is 2.98. The average molecular weight is 398 g/mol. The molecule has 1 aliphatic rings. The Bertz CT molecular complexity index is 717. The van der Waals surface area contributed by atoms with Crippen molar-refractivity contribution in [2.75, 3.05) is 5.32 Å². The molecule has 150 valence electrons. The van der Waals surface area contributed by atoms with Crippen molar-refractivity contribution in [3.05, 3.63) is 27.8 Å². The summed E-state index contributed by atoms with van der Waals surface area (Å²) in [5.41, 5.74) is -1.73. The molecule has 0 unspecified atom stereocenters. The zero-order chi connectivity index (χ0) is 20.4. The van der Waals surface area contributed by atoms with Crippen molar-refractivity contribution in [1.29, 1.82) is 0 Å². The topological polar surface area (TPSA) is 102 Å². The summed E-state index contributed by atoms with van der Waals surface area (Å²) in [4.78, 5) is 21.5. The summed E-state index contributed by atoms with van der Waals surface area (Å²) >= 11 is 0. The van der Waals surface area contributed by atoms with Gasteiger partial charge in [-0.2, -0.15) is 22.0 Å². The van der Waals surface area contributed by atoms with Gasteiger partial charge in [0.2, 0.25) is 0 Å². The third-order valence-corrected chi connectivity index (χ3v) is 4.29. The van der Waals surface area contributed by atoms with Crippen molar-refractivity contribution >= 4 is 17.3 Å². The van der Waals surface area contributed by atoms with Gasteiger partial charge in [0.25, 0.3) is 5.69 Å². The number of hydrogen-bond donors (Lipinski definition) is 2. The maximum absolute atomic E-state index is 12.7. The minimum atomic E-state index is -4.32. The normalized spacial score (nSPS) is 20.4. The summed E-state index contributed by atoms with van der Waals surface area (Å²) in [6.07, 6.45) is -4.53. The van der Waals surface area contributed by atoms with Gasteiger partial charge in [-0.15, -0.1) is 0 Å². The van der Waals surface area contributed by atoms with Crippen LogP contribution in [0, 0.1) is 16.0 Å². The first-order chi connectivity index (χ1) is 12.5. The van der Waals surface area contributed by atoms with Gasteiger partial charge >= 0.3 is 18.8 Å². The number of benzene rings is 1. The van der Waals surface area contributed by atoms with Crippen LogP contribution in [0.25, 0.3) is 0 Å². The number of rotatable bonds is 6. The second-order valence-corrected chi connectivity index (χ2v) is 6.04. The second kappa shape index (κ2) is 7.92. The fraction of sp³-hybridized carbons (Fsp3) is 0.533. The number of nitrogens with zero attached hydrogens (tertiary/aromatic N) is 1. The van der Waals surface area contributed by atoms with Crippen LogP contribution in [-0.2, 0) is 0 Å². The van der Waals surface area contributed by atoms with Crippen LogP contribution in [0.4, 0.5) is 33.3 Å². The van der Waals surface area contributed by atoms with Gasteiger partial charge in [-0.1, -0.05) is 0 Å². The van der Waals surface area contributed by atoms with Gasteiger partial charge in [-0.3, -0.25) is 10.1 Å². The number of anilines is 1. The molecule has 27 heavy (non-hydrogen) atoms. The number of carboxylic acid groups (broad SMARTS) is 1. The number of aromatic carboxylic acids is 1. The zero-order valence-electron chi connectivity index (χ0n) is 13.6. The molecule has 0 amide bonds. The smallest absolute Gasteiger partial charge is 0.391 e. The van der Waals surface area contributed by atoms with E-state index >= 15 is 0 Å². The predicted molar refractivity (Wildman–Crippen MR) is 82.1 cm³/mol. The molecule has 0 heterocycles. The van der Waals surface area contributed by atoms with Crippen molar-refractivity contribution in [3.8, 4) is 5.75 Å². The van der Waals surface area contributed by atoms with Crippen LogP contribution in [0.1, 0.15) is 36.0 Å². The first kappa shape index (κ1) is 20.6. The number of halogens is 5. The van der Waals surface area contributed by atoms with Gasteiger partial charge in [-0.25, -0.2) is 4.79 Å². The van der Waals surface area contributed by atoms with Crippen LogP contribution in [-0.4, -0.2) is 34.8 Å². The highest BCUT2D eigenvalue weighted by Gasteiger charge is 2.41. The van der Waals surface area contributed by atoms with Gasteiger partial charge in [0.1, 0.15) is 17.0 Å². The molecule has 0 aromatic heterocycles. The van der Waals surface area contributed by atoms with Gasteiger partial charge in [0.05, 0.1) is 16.9 Å². The van der Waals surface area contributed by atoms with Gasteiger partial charge in [-0.05, 0) is 31.7 Å². The summed E-state index contributed by atoms with van der Waals surface area (Å²) in [7, 11) is 0. The summed E-state index contributed by atoms with van der Waals surface area (Å²) in [5, 5.41) is 23.0. The highest BCUT2D eigenvalue weighted by atomic mass is 19.4. The van der Waals surface area contributed by atoms with Crippen molar-refractivity contribution in [3.63, 3.8) is 0 Å². The lowest BCUT2D eigenvalue weighted by Gasteiger charge is -2.30. The number of ether oxygens (including phenoxy) is 1. The Balaban J connectivity index is 2.26. The summed E-state index contributed by atoms with van der Waals surface area (Å²) < 4.78 is 67.0. The first-order valence-electron chi connectivity index (χ1n) is 7.82. The van der Waals surface area contributed by atoms with Gasteiger partial charge < -0.3 is 15.2 Å². The van der Waals surface area contributed by atoms with E-state index in [2.05, 4.69) is 10.1 Å². The highest BCUT2D eigenvalue weighted by molar-refractivity contribution is 5.93. The number of hydrogen-bond acceptors (Lipinski definition) is 5. The molecule has 1 aliphatic carbocycles. The third kappa shape index (κ3) is 5.17. The van der Waals surface area contributed by atoms with E-state index in [1.54, 1.807) is 0 Å². The van der Waals surface area contributed by atoms with Crippen LogP contribution < -0.4 is 10.1 Å². The standard InChI is InChI=1S/C15H15F5N2O5/c16-14(17)27-12-6-11(22(25)26)10(5-9(12)13(23)24)21-8-3-1-7(2-4-8)15(18,19)20/h5-8,14,21H,1-4H2,(H,23,24). The van der Waals surface area contributed by atoms with Crippen molar-refractivity contribution in [2.45, 2.75) is 44.5 Å². The Morgan fingerprint density at radius 2 is 1.85 bits per heavy atom. The largest absolute Gasteiger partial charge is 0.478 e. The second-order valence-electron chi connectivity index (χ2n) is 6.04. The number of nitrogens with one attached hydrogen (secondary N) is 1. The number of carbonyl (C=O) groups is 1. The summed E-state index contributed by atoms with van der Waals surface area (Å²) in [6, 6.07) is 0.777. The van der Waals surface area contributed by atoms with E-state index in [0.29, 0.717) is 6.07 Å². The molecule has 1 fully saturated rings. The minimum Gasteiger partial charge on any atom is -0.478 e. The molecule has 0 spiro atoms. The maximum Gasteiger partial charge on any atom is 0.391 e. The fourth-order valence-corrected chi connectivity index (χ4v) is 2.98. The molecule has 2 rings (SSSR count). The number of carboxylic acids is 1. The van der Waals surface area contributed by atoms with Crippen LogP contribution in [0.15, 0.2) is 12.1 Å². The molecule has 0 bridgehead atoms. The molecule has 0 atom stereocenters. The molecule has 0 radical (unpaired) electrons. The van der Waals surface area contributed by atoms with E-state index in [9.17, 15) is 36.9 Å². The van der Waals surface area contributed by atoms with E-state index in [4.69, 9.17) is 5.11 Å². The molecular formula is C15H15F5N2O5. The Morgan fingerprint density at radius 1 is 1.26 bits per heavy atom. The SMILES string of the molecule is O=C(O)c1cc(NC2CCC(C(F)(F)F)CC2)c([N+](=O)[O-])cc1OC(F)F. The minimum absolute atomic E-state index is 0.0685. The molecule has 2 N–H and O–H groups in total. The van der Waals surface area contributed by atoms with E-state index in [-0.39, 0.29) is 31.4 Å². The quantitative estimate of drug-likeness (QED) is 0.418. The highest BCUT2D eigenvalue weighted by Crippen LogP contribution is 2.40. The van der Waals surface area contributed by atoms with Gasteiger partial charge in [0, 0.05) is 6.04 Å². The van der Waals surface area contributed by atoms with Crippen LogP contribution >= 0.6 is 0 Å². The van der Waals surface area contributed by atoms with Crippen molar-refractivity contribution < 1.29 is 41.5 Å². The Kier molecular flexibility index (Phi) is 6.06. The first-order valence-corrected chi connectivity index (χ1v) is 7.82. The van der Waals surface area contributed by atoms with Crippen molar-refractivity contribution in [2.24, 2.45) is 5.92 Å². The molecule has 0 saturated heterocycles. The van der Waals surface area contributed by atoms with Gasteiger partial charge in [0.15, 0.2) is 0 Å². The summed E-state index contributed by atoms with van der Waals surface area (Å²) in [5.74, 6) is -3.98. The summed E-state index contributed by atoms with van der Waals surface area (Å²) in [6.45, 7) is -3.39. The average Bonchev–Trinajstić information content (AvgIpc) is 2.54. The van der Waals surface area contributed by atoms with Crippen LogP contribution in [0.2, 0.25) is 0 Å². The lowest BCUT2D eigenvalue weighted by Crippen LogP contribution is -2.33. The van der Waals surface area contributed by atoms with E-state index in [0.717, 1.165) is 6.07 Å². The van der Waals surface area contributed by atoms with Crippen LogP contribution in [0.3, 0.4) is 0 Å². The van der Waals surface area contributed by atoms with Crippen molar-refractivity contribution in [1.82, 2.24) is 0 Å². The third-order valence-electron chi connectivity index (χ3n) is 4.29. The lowest BCUT2D eigenvalue weighted by molar-refractivity contribution is -0.384. The van der Waals surface area contributed by atoms with E-state index in [1.165, 1.54) is 0 Å². The Labute approximate surface area is 149 Å². The molecule has 0 aliphatic heterocycles.